The molecule has 1 aliphatic heterocycles. The van der Waals surface area contributed by atoms with E-state index in [9.17, 15) is 4.79 Å². The van der Waals surface area contributed by atoms with Crippen molar-refractivity contribution >= 4 is 23.4 Å². The normalized spacial score (nSPS) is 20.0. The first-order chi connectivity index (χ1) is 8.16. The summed E-state index contributed by atoms with van der Waals surface area (Å²) in [7, 11) is 0. The van der Waals surface area contributed by atoms with Crippen molar-refractivity contribution in [1.82, 2.24) is 10.3 Å². The minimum Gasteiger partial charge on any atom is -0.323 e. The Bertz CT molecular complexity index is 416. The third kappa shape index (κ3) is 3.20. The Morgan fingerprint density at radius 2 is 2.35 bits per heavy atom. The van der Waals surface area contributed by atoms with Gasteiger partial charge in [0.25, 0.3) is 0 Å². The van der Waals surface area contributed by atoms with Crippen LogP contribution in [0.15, 0.2) is 12.1 Å². The molecule has 1 unspecified atom stereocenters. The summed E-state index contributed by atoms with van der Waals surface area (Å²) in [6.07, 6.45) is 0. The van der Waals surface area contributed by atoms with Gasteiger partial charge in [-0.25, -0.2) is 0 Å². The Labute approximate surface area is 106 Å². The average Bonchev–Trinajstić information content (AvgIpc) is 2.34. The number of hydrogen-bond donors (Lipinski definition) is 2. The van der Waals surface area contributed by atoms with Crippen LogP contribution in [-0.2, 0) is 4.79 Å². The number of carbonyl (C=O) groups is 1. The Morgan fingerprint density at radius 1 is 1.53 bits per heavy atom. The topological polar surface area (TPSA) is 54.0 Å². The molecule has 5 heteroatoms. The molecule has 1 aromatic heterocycles. The number of carbonyl (C=O) groups excluding carboxylic acids is 1. The highest BCUT2D eigenvalue weighted by Crippen LogP contribution is 2.14. The molecule has 0 bridgehead atoms. The maximum absolute atomic E-state index is 12.0. The number of hydrogen-bond acceptors (Lipinski definition) is 4. The first-order valence-corrected chi connectivity index (χ1v) is 6.88. The van der Waals surface area contributed by atoms with Crippen molar-refractivity contribution in [3.05, 3.63) is 23.5 Å². The van der Waals surface area contributed by atoms with E-state index < -0.39 is 0 Å². The molecular weight excluding hydrogens is 234 g/mol. The quantitative estimate of drug-likeness (QED) is 0.833. The van der Waals surface area contributed by atoms with E-state index in [-0.39, 0.29) is 11.9 Å². The molecule has 0 saturated carbocycles. The lowest BCUT2D eigenvalue weighted by Crippen LogP contribution is -2.46. The SMILES string of the molecule is Cc1ccc(NC(=O)C2CSCCN2)c(C)n1. The van der Waals surface area contributed by atoms with E-state index in [1.165, 1.54) is 0 Å². The molecule has 92 valence electrons. The maximum Gasteiger partial charge on any atom is 0.242 e. The van der Waals surface area contributed by atoms with E-state index in [2.05, 4.69) is 15.6 Å². The maximum atomic E-state index is 12.0. The van der Waals surface area contributed by atoms with Gasteiger partial charge in [-0.05, 0) is 26.0 Å². The van der Waals surface area contributed by atoms with Gasteiger partial charge in [0, 0.05) is 23.7 Å². The summed E-state index contributed by atoms with van der Waals surface area (Å²) in [5.74, 6) is 1.95. The Balaban J connectivity index is 2.02. The number of nitrogens with zero attached hydrogens (tertiary/aromatic N) is 1. The monoisotopic (exact) mass is 251 g/mol. The second-order valence-electron chi connectivity index (χ2n) is 4.16. The number of amides is 1. The zero-order valence-electron chi connectivity index (χ0n) is 10.1. The summed E-state index contributed by atoms with van der Waals surface area (Å²) in [5, 5.41) is 6.15. The second kappa shape index (κ2) is 5.51. The van der Waals surface area contributed by atoms with Crippen LogP contribution in [0.2, 0.25) is 0 Å². The highest BCUT2D eigenvalue weighted by Gasteiger charge is 2.21. The van der Waals surface area contributed by atoms with Gasteiger partial charge in [-0.1, -0.05) is 0 Å². The molecule has 2 heterocycles. The van der Waals surface area contributed by atoms with Gasteiger partial charge in [0.1, 0.15) is 0 Å². The molecule has 2 N–H and O–H groups in total. The molecule has 0 spiro atoms. The molecule has 1 aromatic rings. The van der Waals surface area contributed by atoms with Crippen LogP contribution in [0.3, 0.4) is 0 Å². The van der Waals surface area contributed by atoms with Crippen molar-refractivity contribution in [2.75, 3.05) is 23.4 Å². The van der Waals surface area contributed by atoms with Crippen molar-refractivity contribution in [3.63, 3.8) is 0 Å². The molecule has 2 rings (SSSR count). The van der Waals surface area contributed by atoms with Crippen LogP contribution < -0.4 is 10.6 Å². The Hall–Kier alpha value is -1.07. The zero-order valence-corrected chi connectivity index (χ0v) is 10.9. The first kappa shape index (κ1) is 12.4. The van der Waals surface area contributed by atoms with Crippen molar-refractivity contribution in [2.45, 2.75) is 19.9 Å². The van der Waals surface area contributed by atoms with E-state index >= 15 is 0 Å². The molecule has 1 atom stereocenters. The highest BCUT2D eigenvalue weighted by atomic mass is 32.2. The van der Waals surface area contributed by atoms with Crippen molar-refractivity contribution in [3.8, 4) is 0 Å². The lowest BCUT2D eigenvalue weighted by Gasteiger charge is -2.22. The lowest BCUT2D eigenvalue weighted by molar-refractivity contribution is -0.117. The first-order valence-electron chi connectivity index (χ1n) is 5.73. The lowest BCUT2D eigenvalue weighted by atomic mass is 10.2. The number of anilines is 1. The number of aromatic nitrogens is 1. The van der Waals surface area contributed by atoms with E-state index in [1.54, 1.807) is 0 Å². The fourth-order valence-corrected chi connectivity index (χ4v) is 2.71. The molecule has 0 aromatic carbocycles. The van der Waals surface area contributed by atoms with Crippen LogP contribution in [-0.4, -0.2) is 35.0 Å². The van der Waals surface area contributed by atoms with Crippen molar-refractivity contribution < 1.29 is 4.79 Å². The highest BCUT2D eigenvalue weighted by molar-refractivity contribution is 7.99. The summed E-state index contributed by atoms with van der Waals surface area (Å²) in [5.41, 5.74) is 2.63. The number of pyridine rings is 1. The number of aryl methyl sites for hydroxylation is 2. The van der Waals surface area contributed by atoms with Crippen LogP contribution in [0, 0.1) is 13.8 Å². The summed E-state index contributed by atoms with van der Waals surface area (Å²) >= 11 is 1.81. The molecule has 1 aliphatic rings. The molecule has 1 amide bonds. The standard InChI is InChI=1S/C12H17N3OS/c1-8-3-4-10(9(2)14-8)15-12(16)11-7-17-6-5-13-11/h3-4,11,13H,5-7H2,1-2H3,(H,15,16). The van der Waals surface area contributed by atoms with Gasteiger partial charge in [-0.3, -0.25) is 9.78 Å². The largest absolute Gasteiger partial charge is 0.323 e. The van der Waals surface area contributed by atoms with E-state index in [4.69, 9.17) is 0 Å². The predicted molar refractivity (Wildman–Crippen MR) is 71.5 cm³/mol. The van der Waals surface area contributed by atoms with Gasteiger partial charge in [0.15, 0.2) is 0 Å². The van der Waals surface area contributed by atoms with Crippen molar-refractivity contribution in [2.24, 2.45) is 0 Å². The molecule has 1 saturated heterocycles. The van der Waals surface area contributed by atoms with E-state index in [0.717, 1.165) is 35.1 Å². The predicted octanol–water partition coefficient (Wildman–Crippen LogP) is 1.34. The molecule has 1 fully saturated rings. The van der Waals surface area contributed by atoms with E-state index in [1.807, 2.05) is 37.7 Å². The van der Waals surface area contributed by atoms with Crippen LogP contribution in [0.25, 0.3) is 0 Å². The van der Waals surface area contributed by atoms with Gasteiger partial charge in [-0.2, -0.15) is 11.8 Å². The zero-order chi connectivity index (χ0) is 12.3. The summed E-state index contributed by atoms with van der Waals surface area (Å²) in [6, 6.07) is 3.73. The number of nitrogens with one attached hydrogen (secondary N) is 2. The van der Waals surface area contributed by atoms with Crippen LogP contribution >= 0.6 is 11.8 Å². The molecule has 4 nitrogen and oxygen atoms in total. The molecule has 0 aliphatic carbocycles. The molecular formula is C12H17N3OS. The number of rotatable bonds is 2. The fourth-order valence-electron chi connectivity index (χ4n) is 1.77. The van der Waals surface area contributed by atoms with Crippen LogP contribution in [0.4, 0.5) is 5.69 Å². The van der Waals surface area contributed by atoms with Crippen LogP contribution in [0.1, 0.15) is 11.4 Å². The summed E-state index contributed by atoms with van der Waals surface area (Å²) in [4.78, 5) is 16.3. The van der Waals surface area contributed by atoms with E-state index in [0.29, 0.717) is 0 Å². The Kier molecular flexibility index (Phi) is 4.02. The minimum atomic E-state index is -0.0885. The average molecular weight is 251 g/mol. The minimum absolute atomic E-state index is 0.0333. The smallest absolute Gasteiger partial charge is 0.242 e. The van der Waals surface area contributed by atoms with Gasteiger partial charge >= 0.3 is 0 Å². The Morgan fingerprint density at radius 3 is 3.00 bits per heavy atom. The summed E-state index contributed by atoms with van der Waals surface area (Å²) < 4.78 is 0. The van der Waals surface area contributed by atoms with Gasteiger partial charge in [0.05, 0.1) is 17.4 Å². The third-order valence-corrected chi connectivity index (χ3v) is 3.78. The molecule has 17 heavy (non-hydrogen) atoms. The van der Waals surface area contributed by atoms with Gasteiger partial charge < -0.3 is 10.6 Å². The summed E-state index contributed by atoms with van der Waals surface area (Å²) in [6.45, 7) is 4.75. The fraction of sp³-hybridized carbons (Fsp3) is 0.500. The van der Waals surface area contributed by atoms with Crippen LogP contribution in [0.5, 0.6) is 0 Å². The number of thioether (sulfide) groups is 1. The third-order valence-electron chi connectivity index (χ3n) is 2.72. The second-order valence-corrected chi connectivity index (χ2v) is 5.31. The van der Waals surface area contributed by atoms with Crippen molar-refractivity contribution in [1.29, 1.82) is 0 Å². The molecule has 0 radical (unpaired) electrons. The van der Waals surface area contributed by atoms with Gasteiger partial charge in [0.2, 0.25) is 5.91 Å². The van der Waals surface area contributed by atoms with Gasteiger partial charge in [-0.15, -0.1) is 0 Å².